The maximum atomic E-state index is 12.2. The van der Waals surface area contributed by atoms with Crippen LogP contribution in [0.2, 0.25) is 0 Å². The number of nitrogens with one attached hydrogen (secondary N) is 2. The molecule has 1 aromatic rings. The molecule has 2 amide bonds. The number of aliphatic carboxylic acids is 1. The molecule has 130 valence electrons. The Kier molecular flexibility index (Phi) is 8.18. The third-order valence-electron chi connectivity index (χ3n) is 3.33. The standard InChI is InChI=1S/C17H21BrN2O4/c1-3-4-5-14(17(23)24)20-16(22)10-15(19-11(2)21)12-6-8-13(18)9-7-12/h3,6-9,14-15H,1,4-5,10H2,2H3,(H,19,21)(H,20,22)(H,23,24). The van der Waals surface area contributed by atoms with Crippen molar-refractivity contribution in [3.05, 3.63) is 47.0 Å². The molecule has 0 aliphatic heterocycles. The summed E-state index contributed by atoms with van der Waals surface area (Å²) >= 11 is 3.33. The van der Waals surface area contributed by atoms with Gasteiger partial charge in [0.2, 0.25) is 11.8 Å². The van der Waals surface area contributed by atoms with Crippen LogP contribution in [-0.4, -0.2) is 28.9 Å². The molecule has 0 fully saturated rings. The number of carboxylic acid groups (broad SMARTS) is 1. The number of rotatable bonds is 9. The molecule has 0 spiro atoms. The Hall–Kier alpha value is -2.15. The summed E-state index contributed by atoms with van der Waals surface area (Å²) in [6, 6.07) is 5.72. The minimum atomic E-state index is -1.09. The Labute approximate surface area is 149 Å². The van der Waals surface area contributed by atoms with Crippen molar-refractivity contribution in [2.45, 2.75) is 38.3 Å². The molecule has 2 unspecified atom stereocenters. The Morgan fingerprint density at radius 1 is 1.25 bits per heavy atom. The SMILES string of the molecule is C=CCCC(NC(=O)CC(NC(C)=O)c1ccc(Br)cc1)C(=O)O. The molecule has 3 N–H and O–H groups in total. The van der Waals surface area contributed by atoms with Crippen molar-refractivity contribution in [3.63, 3.8) is 0 Å². The molecule has 2 atom stereocenters. The summed E-state index contributed by atoms with van der Waals surface area (Å²) < 4.78 is 0.882. The molecule has 0 heterocycles. The minimum Gasteiger partial charge on any atom is -0.480 e. The fourth-order valence-corrected chi connectivity index (χ4v) is 2.44. The molecular formula is C17H21BrN2O4. The lowest BCUT2D eigenvalue weighted by Gasteiger charge is -2.20. The number of carbonyl (C=O) groups excluding carboxylic acids is 2. The zero-order chi connectivity index (χ0) is 18.1. The van der Waals surface area contributed by atoms with Crippen LogP contribution in [0, 0.1) is 0 Å². The summed E-state index contributed by atoms with van der Waals surface area (Å²) in [5.41, 5.74) is 0.765. The maximum Gasteiger partial charge on any atom is 0.326 e. The smallest absolute Gasteiger partial charge is 0.326 e. The fourth-order valence-electron chi connectivity index (χ4n) is 2.17. The zero-order valence-electron chi connectivity index (χ0n) is 13.4. The van der Waals surface area contributed by atoms with E-state index >= 15 is 0 Å². The van der Waals surface area contributed by atoms with Crippen LogP contribution >= 0.6 is 15.9 Å². The first kappa shape index (κ1) is 19.9. The van der Waals surface area contributed by atoms with Crippen LogP contribution in [0.15, 0.2) is 41.4 Å². The van der Waals surface area contributed by atoms with E-state index in [1.54, 1.807) is 18.2 Å². The van der Waals surface area contributed by atoms with Gasteiger partial charge in [-0.3, -0.25) is 9.59 Å². The third-order valence-corrected chi connectivity index (χ3v) is 3.86. The molecule has 7 heteroatoms. The van der Waals surface area contributed by atoms with Gasteiger partial charge in [0, 0.05) is 11.4 Å². The summed E-state index contributed by atoms with van der Waals surface area (Å²) in [6.45, 7) is 4.91. The second kappa shape index (κ2) is 9.87. The van der Waals surface area contributed by atoms with Gasteiger partial charge >= 0.3 is 5.97 Å². The average Bonchev–Trinajstić information content (AvgIpc) is 2.50. The topological polar surface area (TPSA) is 95.5 Å². The van der Waals surface area contributed by atoms with Crippen LogP contribution in [0.3, 0.4) is 0 Å². The maximum absolute atomic E-state index is 12.2. The van der Waals surface area contributed by atoms with Gasteiger partial charge in [-0.15, -0.1) is 6.58 Å². The second-order valence-electron chi connectivity index (χ2n) is 5.33. The zero-order valence-corrected chi connectivity index (χ0v) is 15.0. The number of benzene rings is 1. The molecule has 1 aromatic carbocycles. The highest BCUT2D eigenvalue weighted by Gasteiger charge is 2.22. The molecule has 6 nitrogen and oxygen atoms in total. The number of carboxylic acids is 1. The summed E-state index contributed by atoms with van der Waals surface area (Å²) in [6.07, 6.45) is 2.32. The first-order valence-electron chi connectivity index (χ1n) is 7.49. The van der Waals surface area contributed by atoms with Gasteiger partial charge in [-0.05, 0) is 30.5 Å². The number of halogens is 1. The molecule has 0 aliphatic carbocycles. The molecule has 0 saturated heterocycles. The van der Waals surface area contributed by atoms with Crippen molar-refractivity contribution in [1.29, 1.82) is 0 Å². The van der Waals surface area contributed by atoms with E-state index in [2.05, 4.69) is 33.1 Å². The van der Waals surface area contributed by atoms with E-state index in [0.29, 0.717) is 6.42 Å². The van der Waals surface area contributed by atoms with E-state index in [9.17, 15) is 14.4 Å². The lowest BCUT2D eigenvalue weighted by molar-refractivity contribution is -0.142. The lowest BCUT2D eigenvalue weighted by Crippen LogP contribution is -2.42. The average molecular weight is 397 g/mol. The van der Waals surface area contributed by atoms with Crippen LogP contribution in [-0.2, 0) is 14.4 Å². The molecule has 0 bridgehead atoms. The van der Waals surface area contributed by atoms with Gasteiger partial charge in [-0.25, -0.2) is 4.79 Å². The van der Waals surface area contributed by atoms with E-state index in [4.69, 9.17) is 5.11 Å². The first-order valence-corrected chi connectivity index (χ1v) is 8.28. The summed E-state index contributed by atoms with van der Waals surface area (Å²) in [7, 11) is 0. The number of hydrogen-bond acceptors (Lipinski definition) is 3. The molecule has 0 radical (unpaired) electrons. The quantitative estimate of drug-likeness (QED) is 0.558. The molecule has 1 rings (SSSR count). The van der Waals surface area contributed by atoms with Crippen molar-refractivity contribution >= 4 is 33.7 Å². The van der Waals surface area contributed by atoms with E-state index in [1.807, 2.05) is 12.1 Å². The Morgan fingerprint density at radius 3 is 2.38 bits per heavy atom. The van der Waals surface area contributed by atoms with Crippen LogP contribution in [0.1, 0.15) is 37.8 Å². The lowest BCUT2D eigenvalue weighted by atomic mass is 10.0. The highest BCUT2D eigenvalue weighted by molar-refractivity contribution is 9.10. The van der Waals surface area contributed by atoms with Crippen LogP contribution in [0.5, 0.6) is 0 Å². The highest BCUT2D eigenvalue weighted by Crippen LogP contribution is 2.20. The van der Waals surface area contributed by atoms with E-state index in [1.165, 1.54) is 6.92 Å². The first-order chi connectivity index (χ1) is 11.3. The fraction of sp³-hybridized carbons (Fsp3) is 0.353. The molecule has 0 aromatic heterocycles. The summed E-state index contributed by atoms with van der Waals surface area (Å²) in [5, 5.41) is 14.4. The Balaban J connectivity index is 2.79. The number of hydrogen-bond donors (Lipinski definition) is 3. The molecular weight excluding hydrogens is 376 g/mol. The van der Waals surface area contributed by atoms with Gasteiger partial charge in [0.1, 0.15) is 6.04 Å². The van der Waals surface area contributed by atoms with Crippen molar-refractivity contribution in [1.82, 2.24) is 10.6 Å². The Morgan fingerprint density at radius 2 is 1.88 bits per heavy atom. The second-order valence-corrected chi connectivity index (χ2v) is 6.25. The number of carbonyl (C=O) groups is 3. The molecule has 24 heavy (non-hydrogen) atoms. The predicted octanol–water partition coefficient (Wildman–Crippen LogP) is 2.55. The predicted molar refractivity (Wildman–Crippen MR) is 94.3 cm³/mol. The molecule has 0 aliphatic rings. The van der Waals surface area contributed by atoms with E-state index in [0.717, 1.165) is 10.0 Å². The van der Waals surface area contributed by atoms with E-state index in [-0.39, 0.29) is 18.7 Å². The van der Waals surface area contributed by atoms with Crippen molar-refractivity contribution in [3.8, 4) is 0 Å². The van der Waals surface area contributed by atoms with Crippen molar-refractivity contribution in [2.24, 2.45) is 0 Å². The van der Waals surface area contributed by atoms with Crippen molar-refractivity contribution < 1.29 is 19.5 Å². The number of allylic oxidation sites excluding steroid dienone is 1. The van der Waals surface area contributed by atoms with Gasteiger partial charge in [-0.2, -0.15) is 0 Å². The minimum absolute atomic E-state index is 0.0426. The third kappa shape index (κ3) is 6.95. The van der Waals surface area contributed by atoms with Crippen LogP contribution in [0.4, 0.5) is 0 Å². The number of amides is 2. The Bertz CT molecular complexity index is 601. The largest absolute Gasteiger partial charge is 0.480 e. The normalized spacial score (nSPS) is 12.8. The summed E-state index contributed by atoms with van der Waals surface area (Å²) in [5.74, 6) is -1.80. The van der Waals surface area contributed by atoms with Gasteiger partial charge in [-0.1, -0.05) is 34.1 Å². The van der Waals surface area contributed by atoms with Crippen LogP contribution in [0.25, 0.3) is 0 Å². The van der Waals surface area contributed by atoms with Crippen molar-refractivity contribution in [2.75, 3.05) is 0 Å². The summed E-state index contributed by atoms with van der Waals surface area (Å²) in [4.78, 5) is 34.8. The van der Waals surface area contributed by atoms with Gasteiger partial charge < -0.3 is 15.7 Å². The van der Waals surface area contributed by atoms with Gasteiger partial charge in [0.15, 0.2) is 0 Å². The van der Waals surface area contributed by atoms with Gasteiger partial charge in [0.25, 0.3) is 0 Å². The highest BCUT2D eigenvalue weighted by atomic mass is 79.9. The molecule has 0 saturated carbocycles. The van der Waals surface area contributed by atoms with E-state index < -0.39 is 24.0 Å². The monoisotopic (exact) mass is 396 g/mol. The van der Waals surface area contributed by atoms with Gasteiger partial charge in [0.05, 0.1) is 12.5 Å². The van der Waals surface area contributed by atoms with Crippen LogP contribution < -0.4 is 10.6 Å².